The van der Waals surface area contributed by atoms with Gasteiger partial charge in [0.25, 0.3) is 10.0 Å². The minimum Gasteiger partial charge on any atom is -0.316 e. The van der Waals surface area contributed by atoms with E-state index in [4.69, 9.17) is 0 Å². The van der Waals surface area contributed by atoms with Gasteiger partial charge in [-0.25, -0.2) is 8.42 Å². The van der Waals surface area contributed by atoms with E-state index in [1.165, 1.54) is 10.9 Å². The van der Waals surface area contributed by atoms with Crippen molar-refractivity contribution in [2.24, 2.45) is 18.9 Å². The minimum atomic E-state index is -3.36. The zero-order chi connectivity index (χ0) is 12.0. The van der Waals surface area contributed by atoms with Crippen LogP contribution in [0.1, 0.15) is 0 Å². The molecule has 2 fully saturated rings. The first-order valence-electron chi connectivity index (χ1n) is 5.78. The standard InChI is InChI=1S/C10H16N4O2S.ClH/c1-13-10(2-3-12-13)17(15,16)14-6-8-4-11-5-9(8)7-14;/h2-3,8-9,11H,4-7H2,1H3;1H/t8-,9+;. The quantitative estimate of drug-likeness (QED) is 0.811. The number of aryl methyl sites for hydroxylation is 1. The zero-order valence-electron chi connectivity index (χ0n) is 10.1. The molecule has 1 N–H and O–H groups in total. The summed E-state index contributed by atoms with van der Waals surface area (Å²) in [6, 6.07) is 1.56. The van der Waals surface area contributed by atoms with Gasteiger partial charge in [0, 0.05) is 20.1 Å². The van der Waals surface area contributed by atoms with Gasteiger partial charge in [-0.3, -0.25) is 4.68 Å². The van der Waals surface area contributed by atoms with Crippen molar-refractivity contribution in [3.8, 4) is 0 Å². The second kappa shape index (κ2) is 4.80. The lowest BCUT2D eigenvalue weighted by molar-refractivity contribution is 0.440. The lowest BCUT2D eigenvalue weighted by Crippen LogP contribution is -2.33. The van der Waals surface area contributed by atoms with Crippen molar-refractivity contribution < 1.29 is 8.42 Å². The summed E-state index contributed by atoms with van der Waals surface area (Å²) in [6.45, 7) is 3.13. The van der Waals surface area contributed by atoms with Crippen molar-refractivity contribution in [3.63, 3.8) is 0 Å². The maximum absolute atomic E-state index is 12.4. The molecule has 102 valence electrons. The average Bonchev–Trinajstić information content (AvgIpc) is 2.89. The molecular formula is C10H17ClN4O2S. The van der Waals surface area contributed by atoms with Crippen LogP contribution in [0.4, 0.5) is 0 Å². The van der Waals surface area contributed by atoms with E-state index in [0.29, 0.717) is 24.9 Å². The molecule has 6 nitrogen and oxygen atoms in total. The van der Waals surface area contributed by atoms with Gasteiger partial charge in [-0.1, -0.05) is 0 Å². The molecule has 0 unspecified atom stereocenters. The molecule has 1 aromatic rings. The molecule has 0 aromatic carbocycles. The smallest absolute Gasteiger partial charge is 0.260 e. The highest BCUT2D eigenvalue weighted by Crippen LogP contribution is 2.30. The molecule has 0 bridgehead atoms. The Morgan fingerprint density at radius 2 is 1.94 bits per heavy atom. The highest BCUT2D eigenvalue weighted by molar-refractivity contribution is 7.89. The largest absolute Gasteiger partial charge is 0.316 e. The number of rotatable bonds is 2. The fourth-order valence-corrected chi connectivity index (χ4v) is 4.41. The molecule has 1 aromatic heterocycles. The molecule has 3 rings (SSSR count). The summed E-state index contributed by atoms with van der Waals surface area (Å²) in [5, 5.41) is 7.51. The summed E-state index contributed by atoms with van der Waals surface area (Å²) in [5.41, 5.74) is 0. The first-order chi connectivity index (χ1) is 8.09. The Balaban J connectivity index is 0.00000120. The Bertz CT molecular complexity index is 518. The monoisotopic (exact) mass is 292 g/mol. The van der Waals surface area contributed by atoms with Gasteiger partial charge in [-0.15, -0.1) is 12.4 Å². The van der Waals surface area contributed by atoms with Gasteiger partial charge in [0.1, 0.15) is 0 Å². The van der Waals surface area contributed by atoms with Crippen LogP contribution in [0, 0.1) is 11.8 Å². The first-order valence-corrected chi connectivity index (χ1v) is 7.22. The highest BCUT2D eigenvalue weighted by Gasteiger charge is 2.42. The number of aromatic nitrogens is 2. The number of sulfonamides is 1. The molecule has 3 heterocycles. The van der Waals surface area contributed by atoms with Crippen LogP contribution in [0.15, 0.2) is 17.3 Å². The number of nitrogens with one attached hydrogen (secondary N) is 1. The first kappa shape index (κ1) is 13.8. The van der Waals surface area contributed by atoms with Crippen molar-refractivity contribution in [2.45, 2.75) is 5.03 Å². The van der Waals surface area contributed by atoms with Crippen molar-refractivity contribution in [1.29, 1.82) is 0 Å². The number of nitrogens with zero attached hydrogens (tertiary/aromatic N) is 3. The summed E-state index contributed by atoms with van der Waals surface area (Å²) in [5.74, 6) is 0.941. The predicted octanol–water partition coefficient (Wildman–Crippen LogP) is -0.318. The minimum absolute atomic E-state index is 0. The average molecular weight is 293 g/mol. The fourth-order valence-electron chi connectivity index (χ4n) is 2.76. The topological polar surface area (TPSA) is 67.2 Å². The Kier molecular flexibility index (Phi) is 3.68. The molecule has 8 heteroatoms. The van der Waals surface area contributed by atoms with Crippen molar-refractivity contribution >= 4 is 22.4 Å². The summed E-state index contributed by atoms with van der Waals surface area (Å²) in [4.78, 5) is 0. The molecule has 0 aliphatic carbocycles. The maximum atomic E-state index is 12.4. The van der Waals surface area contributed by atoms with E-state index < -0.39 is 10.0 Å². The van der Waals surface area contributed by atoms with E-state index in [2.05, 4.69) is 10.4 Å². The summed E-state index contributed by atoms with van der Waals surface area (Å²) < 4.78 is 27.8. The molecule has 0 radical (unpaired) electrons. The molecule has 2 atom stereocenters. The Morgan fingerprint density at radius 3 is 2.44 bits per heavy atom. The van der Waals surface area contributed by atoms with Gasteiger partial charge < -0.3 is 5.32 Å². The van der Waals surface area contributed by atoms with Gasteiger partial charge in [0.2, 0.25) is 0 Å². The van der Waals surface area contributed by atoms with Crippen LogP contribution in [0.3, 0.4) is 0 Å². The molecule has 0 saturated carbocycles. The predicted molar refractivity (Wildman–Crippen MR) is 69.1 cm³/mol. The van der Waals surface area contributed by atoms with Crippen LogP contribution >= 0.6 is 12.4 Å². The number of fused-ring (bicyclic) bond motifs is 1. The Labute approximate surface area is 113 Å². The van der Waals surface area contributed by atoms with E-state index in [1.54, 1.807) is 17.4 Å². The lowest BCUT2D eigenvalue weighted by atomic mass is 10.0. The van der Waals surface area contributed by atoms with E-state index in [1.807, 2.05) is 0 Å². The van der Waals surface area contributed by atoms with Crippen molar-refractivity contribution in [3.05, 3.63) is 12.3 Å². The van der Waals surface area contributed by atoms with E-state index >= 15 is 0 Å². The van der Waals surface area contributed by atoms with Gasteiger partial charge in [-0.2, -0.15) is 9.40 Å². The van der Waals surface area contributed by atoms with Crippen molar-refractivity contribution in [1.82, 2.24) is 19.4 Å². The second-order valence-corrected chi connectivity index (χ2v) is 6.68. The van der Waals surface area contributed by atoms with Gasteiger partial charge >= 0.3 is 0 Å². The number of halogens is 1. The lowest BCUT2D eigenvalue weighted by Gasteiger charge is -2.17. The van der Waals surface area contributed by atoms with Crippen LogP contribution < -0.4 is 5.32 Å². The van der Waals surface area contributed by atoms with E-state index in [9.17, 15) is 8.42 Å². The van der Waals surface area contributed by atoms with Crippen molar-refractivity contribution in [2.75, 3.05) is 26.2 Å². The van der Waals surface area contributed by atoms with Crippen LogP contribution in [0.25, 0.3) is 0 Å². The molecule has 2 aliphatic rings. The second-order valence-electron chi connectivity index (χ2n) is 4.79. The molecular weight excluding hydrogens is 276 g/mol. The third-order valence-corrected chi connectivity index (χ3v) is 5.64. The highest BCUT2D eigenvalue weighted by atomic mass is 35.5. The number of hydrogen-bond donors (Lipinski definition) is 1. The van der Waals surface area contributed by atoms with Crippen LogP contribution in [-0.2, 0) is 17.1 Å². The molecule has 18 heavy (non-hydrogen) atoms. The van der Waals surface area contributed by atoms with Gasteiger partial charge in [-0.05, 0) is 31.0 Å². The van der Waals surface area contributed by atoms with Gasteiger partial charge in [0.05, 0.1) is 6.20 Å². The van der Waals surface area contributed by atoms with Crippen LogP contribution in [0.2, 0.25) is 0 Å². The summed E-state index contributed by atoms with van der Waals surface area (Å²) in [7, 11) is -1.70. The third kappa shape index (κ3) is 2.05. The van der Waals surface area contributed by atoms with E-state index in [-0.39, 0.29) is 17.4 Å². The van der Waals surface area contributed by atoms with E-state index in [0.717, 1.165) is 13.1 Å². The molecule has 0 spiro atoms. The molecule has 2 saturated heterocycles. The third-order valence-electron chi connectivity index (χ3n) is 3.74. The normalized spacial score (nSPS) is 28.1. The number of hydrogen-bond acceptors (Lipinski definition) is 4. The summed E-state index contributed by atoms with van der Waals surface area (Å²) >= 11 is 0. The van der Waals surface area contributed by atoms with Crippen LogP contribution in [-0.4, -0.2) is 48.7 Å². The zero-order valence-corrected chi connectivity index (χ0v) is 11.7. The maximum Gasteiger partial charge on any atom is 0.260 e. The Morgan fingerprint density at radius 1 is 1.33 bits per heavy atom. The van der Waals surface area contributed by atoms with Gasteiger partial charge in [0.15, 0.2) is 5.03 Å². The fraction of sp³-hybridized carbons (Fsp3) is 0.700. The molecule has 2 aliphatic heterocycles. The SMILES string of the molecule is Cl.Cn1nccc1S(=O)(=O)N1C[C@H]2CNC[C@H]2C1. The van der Waals surface area contributed by atoms with Crippen LogP contribution in [0.5, 0.6) is 0 Å². The molecule has 0 amide bonds. The Hall–Kier alpha value is -0.630. The summed E-state index contributed by atoms with van der Waals surface area (Å²) in [6.07, 6.45) is 1.52.